The lowest BCUT2D eigenvalue weighted by atomic mass is 10.0. The van der Waals surface area contributed by atoms with Crippen LogP contribution in [0.2, 0.25) is 0 Å². The number of nitrogens with zero attached hydrogens (tertiary/aromatic N) is 1. The van der Waals surface area contributed by atoms with Gasteiger partial charge in [0.05, 0.1) is 31.0 Å². The normalized spacial score (nSPS) is 16.2. The van der Waals surface area contributed by atoms with E-state index in [2.05, 4.69) is 59.8 Å². The quantitative estimate of drug-likeness (QED) is 0.0305. The summed E-state index contributed by atoms with van der Waals surface area (Å²) in [5.41, 5.74) is 11.5. The summed E-state index contributed by atoms with van der Waals surface area (Å²) in [4.78, 5) is 121. The van der Waals surface area contributed by atoms with Crippen molar-refractivity contribution in [1.82, 2.24) is 47.2 Å². The molecule has 0 radical (unpaired) electrons. The van der Waals surface area contributed by atoms with Gasteiger partial charge in [0, 0.05) is 24.1 Å². The average molecular weight is 846 g/mol. The van der Waals surface area contributed by atoms with Crippen molar-refractivity contribution in [3.05, 3.63) is 18.2 Å². The van der Waals surface area contributed by atoms with Gasteiger partial charge in [-0.3, -0.25) is 43.2 Å². The maximum absolute atomic E-state index is 13.7. The zero-order valence-corrected chi connectivity index (χ0v) is 33.3. The van der Waals surface area contributed by atoms with Crippen LogP contribution >= 0.6 is 12.6 Å². The van der Waals surface area contributed by atoms with Crippen molar-refractivity contribution in [2.75, 3.05) is 12.3 Å². The number of hydrogen-bond acceptors (Lipinski definition) is 15. The number of imidazole rings is 1. The molecule has 7 amide bonds. The lowest BCUT2D eigenvalue weighted by Crippen LogP contribution is -2.63. The number of hydrogen-bond donors (Lipinski definition) is 15. The van der Waals surface area contributed by atoms with Gasteiger partial charge in [0.2, 0.25) is 41.4 Å². The molecular formula is C33H55N11O13S. The maximum atomic E-state index is 13.7. The van der Waals surface area contributed by atoms with Crippen LogP contribution in [0.4, 0.5) is 0 Å². The molecule has 58 heavy (non-hydrogen) atoms. The summed E-state index contributed by atoms with van der Waals surface area (Å²) >= 11 is 4.06. The van der Waals surface area contributed by atoms with E-state index < -0.39 is 120 Å². The van der Waals surface area contributed by atoms with Gasteiger partial charge in [-0.1, -0.05) is 0 Å². The molecule has 0 saturated heterocycles. The molecule has 16 N–H and O–H groups in total. The van der Waals surface area contributed by atoms with Crippen LogP contribution in [0.3, 0.4) is 0 Å². The summed E-state index contributed by atoms with van der Waals surface area (Å²) in [7, 11) is 0. The summed E-state index contributed by atoms with van der Waals surface area (Å²) in [5.74, 6) is -9.91. The van der Waals surface area contributed by atoms with Gasteiger partial charge >= 0.3 is 11.9 Å². The molecule has 0 aliphatic heterocycles. The highest BCUT2D eigenvalue weighted by Crippen LogP contribution is 2.07. The molecule has 0 aromatic carbocycles. The van der Waals surface area contributed by atoms with Gasteiger partial charge in [0.1, 0.15) is 42.3 Å². The summed E-state index contributed by atoms with van der Waals surface area (Å²) in [6, 6.07) is -11.8. The zero-order chi connectivity index (χ0) is 44.3. The molecule has 1 rings (SSSR count). The van der Waals surface area contributed by atoms with Gasteiger partial charge in [-0.25, -0.2) is 4.98 Å². The van der Waals surface area contributed by atoms with E-state index in [1.54, 1.807) is 0 Å². The van der Waals surface area contributed by atoms with Crippen LogP contribution in [0.1, 0.15) is 59.1 Å². The SMILES string of the molecule is C[C@H](NC(=O)[C@H](C)NC(=O)[C@H](CS)NC(=O)[C@@H](NC(=O)[C@H](Cc1cnc[nH]1)NC(=O)[C@@H](NC(=O)[C@H](CCCCN)NC(=O)[C@@H](N)CC(=O)O)[C@@H](C)O)[C@@H](C)O)C(=O)O. The second-order valence-electron chi connectivity index (χ2n) is 13.4. The van der Waals surface area contributed by atoms with Gasteiger partial charge in [0.25, 0.3) is 0 Å². The number of nitrogens with one attached hydrogen (secondary N) is 8. The van der Waals surface area contributed by atoms with Crippen molar-refractivity contribution in [2.24, 2.45) is 11.5 Å². The molecule has 0 saturated carbocycles. The van der Waals surface area contributed by atoms with Crippen molar-refractivity contribution in [3.8, 4) is 0 Å². The first-order valence-electron chi connectivity index (χ1n) is 18.1. The smallest absolute Gasteiger partial charge is 0.325 e. The number of rotatable bonds is 26. The number of H-pyrrole nitrogens is 1. The summed E-state index contributed by atoms with van der Waals surface area (Å²) in [6.07, 6.45) is -0.876. The molecule has 0 aliphatic rings. The molecule has 1 heterocycles. The number of aromatic amines is 1. The fourth-order valence-corrected chi connectivity index (χ4v) is 5.22. The van der Waals surface area contributed by atoms with Crippen LogP contribution in [0, 0.1) is 0 Å². The van der Waals surface area contributed by atoms with Crippen molar-refractivity contribution < 1.29 is 63.6 Å². The predicted octanol–water partition coefficient (Wildman–Crippen LogP) is -5.91. The Kier molecular flexibility index (Phi) is 21.9. The van der Waals surface area contributed by atoms with E-state index in [-0.39, 0.29) is 25.1 Å². The Morgan fingerprint density at radius 2 is 1.19 bits per heavy atom. The van der Waals surface area contributed by atoms with E-state index >= 15 is 0 Å². The van der Waals surface area contributed by atoms with Crippen molar-refractivity contribution in [3.63, 3.8) is 0 Å². The third-order valence-electron chi connectivity index (χ3n) is 8.35. The number of thiol groups is 1. The first kappa shape index (κ1) is 50.6. The summed E-state index contributed by atoms with van der Waals surface area (Å²) in [6.45, 7) is 5.03. The van der Waals surface area contributed by atoms with Gasteiger partial charge in [0.15, 0.2) is 0 Å². The van der Waals surface area contributed by atoms with Gasteiger partial charge < -0.3 is 74.1 Å². The standard InChI is InChI=1S/C33H55N11O13S/c1-14(26(49)39-15(2)33(56)57)38-30(53)22(12-58)42-32(55)25(17(4)46)44-29(52)21(9-18-11-36-13-37-18)41-31(54)24(16(3)45)43-28(51)20(7-5-6-8-34)40-27(50)19(35)10-23(47)48/h11,13-17,19-22,24-25,45-46,58H,5-10,12,34-35H2,1-4H3,(H,36,37)(H,38,53)(H,39,49)(H,40,50)(H,41,54)(H,42,55)(H,43,51)(H,44,52)(H,47,48)(H,56,57)/t14-,15-,16+,17+,19-,20-,21-,22-,24-,25-/m0/s1. The first-order chi connectivity index (χ1) is 27.1. The van der Waals surface area contributed by atoms with E-state index in [0.717, 1.165) is 13.8 Å². The number of aliphatic carboxylic acids is 2. The van der Waals surface area contributed by atoms with Crippen LogP contribution in [0.25, 0.3) is 0 Å². The Bertz CT molecular complexity index is 1580. The van der Waals surface area contributed by atoms with Crippen molar-refractivity contribution in [2.45, 2.75) is 120 Å². The van der Waals surface area contributed by atoms with Crippen LogP contribution in [0.15, 0.2) is 12.5 Å². The molecule has 1 aromatic heterocycles. The molecule has 0 aliphatic carbocycles. The largest absolute Gasteiger partial charge is 0.481 e. The first-order valence-corrected chi connectivity index (χ1v) is 18.7. The molecule has 0 fully saturated rings. The van der Waals surface area contributed by atoms with E-state index in [1.165, 1.54) is 26.4 Å². The molecular weight excluding hydrogens is 790 g/mol. The third-order valence-corrected chi connectivity index (χ3v) is 8.71. The number of carbonyl (C=O) groups excluding carboxylic acids is 7. The molecule has 24 nitrogen and oxygen atoms in total. The Labute approximate surface area is 338 Å². The number of carboxylic acid groups (broad SMARTS) is 2. The fourth-order valence-electron chi connectivity index (χ4n) is 4.96. The number of nitrogens with two attached hydrogens (primary N) is 2. The number of carbonyl (C=O) groups is 9. The topological polar surface area (TPSA) is 399 Å². The second-order valence-corrected chi connectivity index (χ2v) is 13.8. The summed E-state index contributed by atoms with van der Waals surface area (Å²) in [5, 5.41) is 55.2. The molecule has 10 atom stereocenters. The van der Waals surface area contributed by atoms with Gasteiger partial charge in [-0.2, -0.15) is 12.6 Å². The minimum Gasteiger partial charge on any atom is -0.481 e. The van der Waals surface area contributed by atoms with E-state index in [0.29, 0.717) is 18.5 Å². The van der Waals surface area contributed by atoms with Crippen molar-refractivity contribution >= 4 is 65.9 Å². The van der Waals surface area contributed by atoms with E-state index in [4.69, 9.17) is 21.7 Å². The summed E-state index contributed by atoms with van der Waals surface area (Å²) < 4.78 is 0. The number of unbranched alkanes of at least 4 members (excludes halogenated alkanes) is 1. The molecule has 0 spiro atoms. The highest BCUT2D eigenvalue weighted by molar-refractivity contribution is 7.80. The number of amides is 7. The van der Waals surface area contributed by atoms with Gasteiger partial charge in [-0.15, -0.1) is 0 Å². The number of aliphatic hydroxyl groups excluding tert-OH is 2. The predicted molar refractivity (Wildman–Crippen MR) is 205 cm³/mol. The molecule has 0 unspecified atom stereocenters. The van der Waals surface area contributed by atoms with Crippen LogP contribution in [-0.4, -0.2) is 157 Å². The van der Waals surface area contributed by atoms with Crippen LogP contribution in [-0.2, 0) is 49.6 Å². The minimum absolute atomic E-state index is 0.00741. The third kappa shape index (κ3) is 17.4. The Morgan fingerprint density at radius 1 is 0.690 bits per heavy atom. The number of aromatic nitrogens is 2. The van der Waals surface area contributed by atoms with Crippen LogP contribution in [0.5, 0.6) is 0 Å². The highest BCUT2D eigenvalue weighted by Gasteiger charge is 2.36. The molecule has 326 valence electrons. The molecule has 25 heteroatoms. The van der Waals surface area contributed by atoms with E-state index in [1.807, 2.05) is 0 Å². The van der Waals surface area contributed by atoms with Crippen molar-refractivity contribution in [1.29, 1.82) is 0 Å². The molecule has 0 bridgehead atoms. The minimum atomic E-state index is -1.75. The Morgan fingerprint density at radius 3 is 1.66 bits per heavy atom. The number of aliphatic hydroxyl groups is 2. The fraction of sp³-hybridized carbons (Fsp3) is 0.636. The Hall–Kier alpha value is -5.37. The Balaban J connectivity index is 3.23. The number of carboxylic acids is 2. The molecule has 1 aromatic rings. The van der Waals surface area contributed by atoms with Gasteiger partial charge in [-0.05, 0) is 53.5 Å². The second kappa shape index (κ2) is 25.1. The monoisotopic (exact) mass is 845 g/mol. The zero-order valence-electron chi connectivity index (χ0n) is 32.4. The van der Waals surface area contributed by atoms with E-state index in [9.17, 15) is 53.4 Å². The maximum Gasteiger partial charge on any atom is 0.325 e. The lowest BCUT2D eigenvalue weighted by molar-refractivity contribution is -0.141. The van der Waals surface area contributed by atoms with Crippen LogP contribution < -0.4 is 48.7 Å². The lowest BCUT2D eigenvalue weighted by Gasteiger charge is -2.29. The average Bonchev–Trinajstić information content (AvgIpc) is 3.66. The highest BCUT2D eigenvalue weighted by atomic mass is 32.1.